The largest absolute Gasteiger partial charge is 0.493 e. The van der Waals surface area contributed by atoms with Gasteiger partial charge in [0.2, 0.25) is 0 Å². The molecule has 6 aromatic rings. The predicted octanol–water partition coefficient (Wildman–Crippen LogP) is 7.74. The quantitative estimate of drug-likeness (QED) is 0.129. The van der Waals surface area contributed by atoms with Crippen LogP contribution >= 0.6 is 23.2 Å². The van der Waals surface area contributed by atoms with Crippen LogP contribution in [0.15, 0.2) is 94.5 Å². The van der Waals surface area contributed by atoms with Crippen molar-refractivity contribution in [2.75, 3.05) is 7.11 Å². The van der Waals surface area contributed by atoms with Crippen molar-refractivity contribution in [1.82, 2.24) is 20.4 Å². The average molecular weight is 642 g/mol. The van der Waals surface area contributed by atoms with Gasteiger partial charge in [-0.05, 0) is 54.8 Å². The third kappa shape index (κ3) is 6.07. The summed E-state index contributed by atoms with van der Waals surface area (Å²) in [4.78, 5) is 27.3. The molecule has 0 radical (unpaired) electrons. The summed E-state index contributed by atoms with van der Waals surface area (Å²) in [6, 6.07) is 26.3. The topological polar surface area (TPSA) is 116 Å². The van der Waals surface area contributed by atoms with E-state index in [0.29, 0.717) is 49.6 Å². The lowest BCUT2D eigenvalue weighted by atomic mass is 9.83. The van der Waals surface area contributed by atoms with Crippen molar-refractivity contribution in [2.45, 2.75) is 26.4 Å². The minimum Gasteiger partial charge on any atom is -0.493 e. The van der Waals surface area contributed by atoms with Gasteiger partial charge in [0.25, 0.3) is 11.1 Å². The first-order valence-corrected chi connectivity index (χ1v) is 15.0. The van der Waals surface area contributed by atoms with Crippen LogP contribution in [0.3, 0.4) is 0 Å². The third-order valence-electron chi connectivity index (χ3n) is 7.81. The fourth-order valence-electron chi connectivity index (χ4n) is 5.44. The van der Waals surface area contributed by atoms with Crippen molar-refractivity contribution in [3.05, 3.63) is 149 Å². The molecule has 2 heterocycles. The maximum Gasteiger partial charge on any atom is 0.268 e. The molecule has 0 aliphatic heterocycles. The van der Waals surface area contributed by atoms with Gasteiger partial charge in [0.05, 0.1) is 29.6 Å². The molecule has 0 spiro atoms. The zero-order valence-corrected chi connectivity index (χ0v) is 26.3. The Morgan fingerprint density at radius 2 is 1.22 bits per heavy atom. The molecule has 4 aromatic carbocycles. The monoisotopic (exact) mass is 640 g/mol. The molecular formula is C35H30Cl2N4O4. The van der Waals surface area contributed by atoms with Gasteiger partial charge in [-0.2, -0.15) is 0 Å². The molecule has 4 N–H and O–H groups in total. The van der Waals surface area contributed by atoms with E-state index in [1.54, 1.807) is 30.3 Å². The minimum absolute atomic E-state index is 0.180. The Labute approximate surface area is 268 Å². The number of benzene rings is 4. The lowest BCUT2D eigenvalue weighted by Gasteiger charge is -2.20. The maximum absolute atomic E-state index is 13.6. The molecule has 0 bridgehead atoms. The number of ether oxygens (including phenoxy) is 2. The van der Waals surface area contributed by atoms with Gasteiger partial charge in [-0.25, -0.2) is 0 Å². The van der Waals surface area contributed by atoms with Crippen LogP contribution in [0.4, 0.5) is 0 Å². The molecule has 0 saturated carbocycles. The second-order valence-electron chi connectivity index (χ2n) is 10.8. The van der Waals surface area contributed by atoms with Gasteiger partial charge in [-0.1, -0.05) is 95.0 Å². The van der Waals surface area contributed by atoms with Gasteiger partial charge < -0.3 is 9.47 Å². The average Bonchev–Trinajstić information content (AvgIpc) is 3.60. The predicted molar refractivity (Wildman–Crippen MR) is 178 cm³/mol. The van der Waals surface area contributed by atoms with E-state index in [1.165, 1.54) is 7.11 Å². The second-order valence-corrected chi connectivity index (χ2v) is 11.7. The van der Waals surface area contributed by atoms with Gasteiger partial charge in [0.15, 0.2) is 11.5 Å². The molecular weight excluding hydrogens is 611 g/mol. The molecule has 2 aromatic heterocycles. The maximum atomic E-state index is 13.6. The van der Waals surface area contributed by atoms with Crippen LogP contribution in [0.2, 0.25) is 10.0 Å². The summed E-state index contributed by atoms with van der Waals surface area (Å²) in [6.45, 7) is 4.17. The van der Waals surface area contributed by atoms with Crippen LogP contribution in [-0.4, -0.2) is 27.5 Å². The van der Waals surface area contributed by atoms with E-state index in [-0.39, 0.29) is 17.7 Å². The second kappa shape index (κ2) is 12.6. The molecule has 10 heteroatoms. The Morgan fingerprint density at radius 3 is 1.73 bits per heavy atom. The molecule has 0 atom stereocenters. The van der Waals surface area contributed by atoms with Crippen LogP contribution < -0.4 is 20.6 Å². The Kier molecular flexibility index (Phi) is 8.43. The molecule has 0 saturated heterocycles. The SMILES string of the molecule is COc1cc(C(c2c(-c3ccc(C)cc3)[nH][nH]c2=O)c2c(-c3ccc(C)cc3)[nH][nH]c2=O)ccc1OCc1ccc(Cl)cc1Cl. The number of aryl methyl sites for hydroxylation is 2. The standard InChI is InChI=1S/C35H30Cl2N4O4/c1-19-4-8-21(9-5-19)32-30(34(42)40-38-32)29(31-33(39-41-35(31)43)22-10-6-20(2)7-11-22)23-13-15-27(28(16-23)44-3)45-18-24-12-14-25(36)17-26(24)37/h4-17,29H,18H2,1-3H3,(H2,38,40,42)(H2,39,41,43). The van der Waals surface area contributed by atoms with Crippen molar-refractivity contribution in [1.29, 1.82) is 0 Å². The zero-order valence-electron chi connectivity index (χ0n) is 24.8. The molecule has 0 unspecified atom stereocenters. The lowest BCUT2D eigenvalue weighted by molar-refractivity contribution is 0.284. The number of nitrogens with one attached hydrogen (secondary N) is 4. The van der Waals surface area contributed by atoms with Gasteiger partial charge >= 0.3 is 0 Å². The molecule has 45 heavy (non-hydrogen) atoms. The first-order chi connectivity index (χ1) is 21.7. The zero-order chi connectivity index (χ0) is 31.7. The van der Waals surface area contributed by atoms with Crippen molar-refractivity contribution < 1.29 is 9.47 Å². The smallest absolute Gasteiger partial charge is 0.268 e. The first kappa shape index (κ1) is 30.1. The van der Waals surface area contributed by atoms with Crippen molar-refractivity contribution in [3.63, 3.8) is 0 Å². The highest BCUT2D eigenvalue weighted by molar-refractivity contribution is 6.35. The van der Waals surface area contributed by atoms with Crippen LogP contribution in [0, 0.1) is 13.8 Å². The van der Waals surface area contributed by atoms with Gasteiger partial charge in [-0.15, -0.1) is 0 Å². The number of aromatic nitrogens is 4. The van der Waals surface area contributed by atoms with E-state index < -0.39 is 5.92 Å². The van der Waals surface area contributed by atoms with E-state index in [4.69, 9.17) is 32.7 Å². The lowest BCUT2D eigenvalue weighted by Crippen LogP contribution is -2.20. The highest BCUT2D eigenvalue weighted by Gasteiger charge is 2.32. The van der Waals surface area contributed by atoms with Gasteiger partial charge in [0, 0.05) is 21.5 Å². The number of hydrogen-bond donors (Lipinski definition) is 4. The highest BCUT2D eigenvalue weighted by Crippen LogP contribution is 2.41. The van der Waals surface area contributed by atoms with Crippen molar-refractivity contribution in [2.24, 2.45) is 0 Å². The number of H-pyrrole nitrogens is 4. The fourth-order valence-corrected chi connectivity index (χ4v) is 5.90. The molecule has 6 rings (SSSR count). The Bertz CT molecular complexity index is 1990. The Morgan fingerprint density at radius 1 is 0.667 bits per heavy atom. The molecule has 0 aliphatic carbocycles. The van der Waals surface area contributed by atoms with Crippen LogP contribution in [0.25, 0.3) is 22.5 Å². The Hall–Kier alpha value is -4.92. The van der Waals surface area contributed by atoms with Gasteiger partial charge in [0.1, 0.15) is 6.61 Å². The summed E-state index contributed by atoms with van der Waals surface area (Å²) in [5.41, 5.74) is 6.43. The summed E-state index contributed by atoms with van der Waals surface area (Å²) in [5, 5.41) is 12.7. The van der Waals surface area contributed by atoms with E-state index in [1.807, 2.05) is 68.4 Å². The summed E-state index contributed by atoms with van der Waals surface area (Å²) >= 11 is 12.4. The molecule has 0 aliphatic rings. The molecule has 228 valence electrons. The van der Waals surface area contributed by atoms with E-state index in [2.05, 4.69) is 20.4 Å². The summed E-state index contributed by atoms with van der Waals surface area (Å²) in [6.07, 6.45) is 0. The molecule has 8 nitrogen and oxygen atoms in total. The fraction of sp³-hybridized carbons (Fsp3) is 0.143. The summed E-state index contributed by atoms with van der Waals surface area (Å²) in [7, 11) is 1.54. The number of methoxy groups -OCH3 is 1. The molecule has 0 amide bonds. The van der Waals surface area contributed by atoms with Crippen LogP contribution in [0.5, 0.6) is 11.5 Å². The van der Waals surface area contributed by atoms with Gasteiger partial charge in [-0.3, -0.25) is 30.0 Å². The van der Waals surface area contributed by atoms with Crippen molar-refractivity contribution in [3.8, 4) is 34.0 Å². The van der Waals surface area contributed by atoms with E-state index >= 15 is 0 Å². The van der Waals surface area contributed by atoms with Crippen molar-refractivity contribution >= 4 is 23.2 Å². The minimum atomic E-state index is -0.795. The number of hydrogen-bond acceptors (Lipinski definition) is 4. The first-order valence-electron chi connectivity index (χ1n) is 14.2. The van der Waals surface area contributed by atoms with E-state index in [9.17, 15) is 9.59 Å². The summed E-state index contributed by atoms with van der Waals surface area (Å²) in [5.74, 6) is 0.0982. The number of rotatable bonds is 9. The van der Waals surface area contributed by atoms with E-state index in [0.717, 1.165) is 27.8 Å². The molecule has 0 fully saturated rings. The highest BCUT2D eigenvalue weighted by atomic mass is 35.5. The van der Waals surface area contributed by atoms with Crippen LogP contribution in [-0.2, 0) is 6.61 Å². The number of aromatic amines is 4. The Balaban J connectivity index is 1.51. The van der Waals surface area contributed by atoms with Crippen LogP contribution in [0.1, 0.15) is 39.3 Å². The number of halogens is 2. The summed E-state index contributed by atoms with van der Waals surface area (Å²) < 4.78 is 11.9. The third-order valence-corrected chi connectivity index (χ3v) is 8.39. The normalized spacial score (nSPS) is 11.2.